The number of nitrogens with zero attached hydrogens (tertiary/aromatic N) is 1. The lowest BCUT2D eigenvalue weighted by Crippen LogP contribution is -2.07. The van der Waals surface area contributed by atoms with E-state index in [1.165, 1.54) is 6.07 Å². The van der Waals surface area contributed by atoms with Gasteiger partial charge in [0.15, 0.2) is 0 Å². The van der Waals surface area contributed by atoms with Crippen LogP contribution in [0.15, 0.2) is 41.0 Å². The van der Waals surface area contributed by atoms with Crippen molar-refractivity contribution in [2.75, 3.05) is 11.9 Å². The van der Waals surface area contributed by atoms with Gasteiger partial charge in [0.1, 0.15) is 11.6 Å². The van der Waals surface area contributed by atoms with E-state index in [1.54, 1.807) is 12.1 Å². The van der Waals surface area contributed by atoms with Crippen molar-refractivity contribution in [1.29, 1.82) is 0 Å². The van der Waals surface area contributed by atoms with E-state index < -0.39 is 0 Å². The predicted molar refractivity (Wildman–Crippen MR) is 75.3 cm³/mol. The molecule has 0 fully saturated rings. The van der Waals surface area contributed by atoms with E-state index in [0.717, 1.165) is 34.4 Å². The van der Waals surface area contributed by atoms with Crippen LogP contribution in [0.4, 0.5) is 10.2 Å². The lowest BCUT2D eigenvalue weighted by atomic mass is 10.1. The molecule has 0 saturated heterocycles. The summed E-state index contributed by atoms with van der Waals surface area (Å²) in [5.41, 5.74) is 2.09. The van der Waals surface area contributed by atoms with Gasteiger partial charge in [-0.15, -0.1) is 0 Å². The van der Waals surface area contributed by atoms with Gasteiger partial charge in [-0.3, -0.25) is 0 Å². The third kappa shape index (κ3) is 3.53. The molecule has 0 aliphatic rings. The highest BCUT2D eigenvalue weighted by molar-refractivity contribution is 9.10. The molecule has 0 atom stereocenters. The molecule has 1 N–H and O–H groups in total. The van der Waals surface area contributed by atoms with Gasteiger partial charge in [-0.2, -0.15) is 0 Å². The van der Waals surface area contributed by atoms with E-state index >= 15 is 0 Å². The number of halogens is 2. The highest BCUT2D eigenvalue weighted by atomic mass is 79.9. The summed E-state index contributed by atoms with van der Waals surface area (Å²) >= 11 is 3.46. The fourth-order valence-corrected chi connectivity index (χ4v) is 2.28. The van der Waals surface area contributed by atoms with Crippen molar-refractivity contribution in [3.63, 3.8) is 0 Å². The maximum Gasteiger partial charge on any atom is 0.140 e. The third-order valence-corrected chi connectivity index (χ3v) is 3.18. The van der Waals surface area contributed by atoms with Gasteiger partial charge in [0.05, 0.1) is 4.47 Å². The number of pyridine rings is 1. The Morgan fingerprint density at radius 3 is 2.89 bits per heavy atom. The summed E-state index contributed by atoms with van der Waals surface area (Å²) in [6.45, 7) is 2.71. The minimum Gasteiger partial charge on any atom is -0.369 e. The molecule has 0 saturated carbocycles. The molecular weight excluding hydrogens is 295 g/mol. The van der Waals surface area contributed by atoms with Gasteiger partial charge < -0.3 is 5.32 Å². The summed E-state index contributed by atoms with van der Waals surface area (Å²) in [5.74, 6) is 0.624. The SMILES string of the molecule is Cc1cnc(NCCc2cccc(F)c2)c(Br)c1. The Morgan fingerprint density at radius 1 is 1.33 bits per heavy atom. The van der Waals surface area contributed by atoms with Crippen molar-refractivity contribution in [2.24, 2.45) is 0 Å². The summed E-state index contributed by atoms with van der Waals surface area (Å²) in [7, 11) is 0. The Kier molecular flexibility index (Phi) is 4.31. The Balaban J connectivity index is 1.92. The normalized spacial score (nSPS) is 10.4. The van der Waals surface area contributed by atoms with Crippen LogP contribution in [-0.4, -0.2) is 11.5 Å². The van der Waals surface area contributed by atoms with Crippen LogP contribution >= 0.6 is 15.9 Å². The molecule has 0 spiro atoms. The number of benzene rings is 1. The molecule has 1 aromatic heterocycles. The number of nitrogens with one attached hydrogen (secondary N) is 1. The van der Waals surface area contributed by atoms with Crippen LogP contribution in [-0.2, 0) is 6.42 Å². The summed E-state index contributed by atoms with van der Waals surface area (Å²) in [5, 5.41) is 3.23. The molecule has 0 aliphatic carbocycles. The standard InChI is InChI=1S/C14H14BrFN2/c1-10-7-13(15)14(18-9-10)17-6-5-11-3-2-4-12(16)8-11/h2-4,7-9H,5-6H2,1H3,(H,17,18). The third-order valence-electron chi connectivity index (χ3n) is 2.57. The summed E-state index contributed by atoms with van der Waals surface area (Å²) in [6.07, 6.45) is 2.58. The van der Waals surface area contributed by atoms with Crippen LogP contribution in [0.25, 0.3) is 0 Å². The van der Waals surface area contributed by atoms with Gasteiger partial charge in [-0.1, -0.05) is 12.1 Å². The van der Waals surface area contributed by atoms with E-state index in [2.05, 4.69) is 26.2 Å². The van der Waals surface area contributed by atoms with Crippen LogP contribution < -0.4 is 5.32 Å². The lowest BCUT2D eigenvalue weighted by molar-refractivity contribution is 0.625. The predicted octanol–water partition coefficient (Wildman–Crippen LogP) is 3.95. The fourth-order valence-electron chi connectivity index (χ4n) is 1.68. The van der Waals surface area contributed by atoms with E-state index in [9.17, 15) is 4.39 Å². The molecule has 0 unspecified atom stereocenters. The van der Waals surface area contributed by atoms with Gasteiger partial charge in [-0.05, 0) is 58.6 Å². The highest BCUT2D eigenvalue weighted by Gasteiger charge is 2.01. The second kappa shape index (κ2) is 5.96. The van der Waals surface area contributed by atoms with Crippen molar-refractivity contribution >= 4 is 21.7 Å². The zero-order valence-corrected chi connectivity index (χ0v) is 11.7. The van der Waals surface area contributed by atoms with Crippen molar-refractivity contribution in [3.05, 3.63) is 57.9 Å². The number of hydrogen-bond acceptors (Lipinski definition) is 2. The molecule has 0 amide bonds. The molecule has 2 nitrogen and oxygen atoms in total. The Hall–Kier alpha value is -1.42. The van der Waals surface area contributed by atoms with E-state index in [0.29, 0.717) is 0 Å². The molecule has 18 heavy (non-hydrogen) atoms. The largest absolute Gasteiger partial charge is 0.369 e. The minimum atomic E-state index is -0.192. The lowest BCUT2D eigenvalue weighted by Gasteiger charge is -2.08. The van der Waals surface area contributed by atoms with E-state index in [-0.39, 0.29) is 5.82 Å². The summed E-state index contributed by atoms with van der Waals surface area (Å²) in [4.78, 5) is 4.29. The zero-order valence-electron chi connectivity index (χ0n) is 10.1. The molecule has 1 aromatic carbocycles. The van der Waals surface area contributed by atoms with Crippen molar-refractivity contribution in [1.82, 2.24) is 4.98 Å². The molecule has 0 aliphatic heterocycles. The number of anilines is 1. The van der Waals surface area contributed by atoms with Crippen LogP contribution in [0.2, 0.25) is 0 Å². The first-order chi connectivity index (χ1) is 8.65. The number of aromatic nitrogens is 1. The van der Waals surface area contributed by atoms with Crippen LogP contribution in [0, 0.1) is 12.7 Å². The molecule has 2 rings (SSSR count). The van der Waals surface area contributed by atoms with Crippen LogP contribution in [0.1, 0.15) is 11.1 Å². The van der Waals surface area contributed by atoms with Gasteiger partial charge in [0, 0.05) is 12.7 Å². The molecule has 2 aromatic rings. The van der Waals surface area contributed by atoms with Crippen molar-refractivity contribution < 1.29 is 4.39 Å². The van der Waals surface area contributed by atoms with Gasteiger partial charge in [0.25, 0.3) is 0 Å². The summed E-state index contributed by atoms with van der Waals surface area (Å²) in [6, 6.07) is 8.67. The van der Waals surface area contributed by atoms with E-state index in [1.807, 2.05) is 25.3 Å². The first kappa shape index (κ1) is 13.0. The van der Waals surface area contributed by atoms with Crippen molar-refractivity contribution in [2.45, 2.75) is 13.3 Å². The molecule has 0 radical (unpaired) electrons. The Morgan fingerprint density at radius 2 is 2.17 bits per heavy atom. The van der Waals surface area contributed by atoms with Gasteiger partial charge >= 0.3 is 0 Å². The first-order valence-electron chi connectivity index (χ1n) is 5.75. The minimum absolute atomic E-state index is 0.192. The molecule has 4 heteroatoms. The molecule has 1 heterocycles. The molecule has 94 valence electrons. The Bertz CT molecular complexity index is 543. The van der Waals surface area contributed by atoms with Crippen LogP contribution in [0.5, 0.6) is 0 Å². The zero-order chi connectivity index (χ0) is 13.0. The quantitative estimate of drug-likeness (QED) is 0.925. The monoisotopic (exact) mass is 308 g/mol. The number of aryl methyl sites for hydroxylation is 1. The topological polar surface area (TPSA) is 24.9 Å². The average Bonchev–Trinajstić information content (AvgIpc) is 2.32. The van der Waals surface area contributed by atoms with Crippen molar-refractivity contribution in [3.8, 4) is 0 Å². The van der Waals surface area contributed by atoms with Gasteiger partial charge in [0.2, 0.25) is 0 Å². The maximum absolute atomic E-state index is 13.0. The Labute approximate surface area is 114 Å². The first-order valence-corrected chi connectivity index (χ1v) is 6.55. The van der Waals surface area contributed by atoms with Crippen LogP contribution in [0.3, 0.4) is 0 Å². The van der Waals surface area contributed by atoms with Gasteiger partial charge in [-0.25, -0.2) is 9.37 Å². The average molecular weight is 309 g/mol. The number of rotatable bonds is 4. The summed E-state index contributed by atoms with van der Waals surface area (Å²) < 4.78 is 13.9. The smallest absolute Gasteiger partial charge is 0.140 e. The second-order valence-corrected chi connectivity index (χ2v) is 5.00. The fraction of sp³-hybridized carbons (Fsp3) is 0.214. The molecular formula is C14H14BrFN2. The van der Waals surface area contributed by atoms with E-state index in [4.69, 9.17) is 0 Å². The second-order valence-electron chi connectivity index (χ2n) is 4.15. The highest BCUT2D eigenvalue weighted by Crippen LogP contribution is 2.20. The molecule has 0 bridgehead atoms. The number of hydrogen-bond donors (Lipinski definition) is 1. The maximum atomic E-state index is 13.0.